The van der Waals surface area contributed by atoms with Gasteiger partial charge in [-0.1, -0.05) is 31.2 Å². The maximum absolute atomic E-state index is 12.2. The molecule has 9 heteroatoms. The average molecular weight is 421 g/mol. The van der Waals surface area contributed by atoms with Crippen LogP contribution in [0.25, 0.3) is 0 Å². The molecule has 2 aromatic carbocycles. The van der Waals surface area contributed by atoms with Crippen LogP contribution in [0.2, 0.25) is 0 Å². The van der Waals surface area contributed by atoms with E-state index in [1.807, 2.05) is 31.2 Å². The topological polar surface area (TPSA) is 90.5 Å². The van der Waals surface area contributed by atoms with Crippen molar-refractivity contribution in [3.8, 4) is 0 Å². The van der Waals surface area contributed by atoms with Crippen LogP contribution >= 0.6 is 12.2 Å². The fraction of sp³-hybridized carbons (Fsp3) is 0.263. The van der Waals surface area contributed by atoms with Gasteiger partial charge in [0.2, 0.25) is 15.9 Å². The highest BCUT2D eigenvalue weighted by Crippen LogP contribution is 2.18. The van der Waals surface area contributed by atoms with Crippen molar-refractivity contribution in [2.24, 2.45) is 0 Å². The summed E-state index contributed by atoms with van der Waals surface area (Å²) in [5.74, 6) is -0.228. The molecule has 28 heavy (non-hydrogen) atoms. The molecule has 0 saturated carbocycles. The maximum Gasteiger partial charge on any atom is 0.243 e. The van der Waals surface area contributed by atoms with Crippen molar-refractivity contribution < 1.29 is 13.2 Å². The van der Waals surface area contributed by atoms with Gasteiger partial charge in [0.05, 0.1) is 11.4 Å². The summed E-state index contributed by atoms with van der Waals surface area (Å²) in [5.41, 5.74) is 2.34. The summed E-state index contributed by atoms with van der Waals surface area (Å²) < 4.78 is 25.6. The van der Waals surface area contributed by atoms with Crippen molar-refractivity contribution in [1.29, 1.82) is 0 Å². The molecule has 0 heterocycles. The molecule has 0 aliphatic rings. The first-order valence-corrected chi connectivity index (χ1v) is 10.5. The minimum absolute atomic E-state index is 0.0143. The van der Waals surface area contributed by atoms with Crippen LogP contribution in [-0.4, -0.2) is 44.4 Å². The summed E-state index contributed by atoms with van der Waals surface area (Å²) in [5, 5.41) is 8.78. The van der Waals surface area contributed by atoms with Crippen LogP contribution in [0.15, 0.2) is 53.4 Å². The fourth-order valence-electron chi connectivity index (χ4n) is 2.43. The quantitative estimate of drug-likeness (QED) is 0.596. The predicted molar refractivity (Wildman–Crippen MR) is 116 cm³/mol. The number of carbonyl (C=O) groups excluding carboxylic acids is 1. The van der Waals surface area contributed by atoms with Gasteiger partial charge in [-0.2, -0.15) is 0 Å². The third-order valence-corrected chi connectivity index (χ3v) is 6.01. The van der Waals surface area contributed by atoms with E-state index >= 15 is 0 Å². The Kier molecular flexibility index (Phi) is 7.50. The summed E-state index contributed by atoms with van der Waals surface area (Å²) in [4.78, 5) is 12.3. The van der Waals surface area contributed by atoms with Crippen molar-refractivity contribution in [3.63, 3.8) is 0 Å². The summed E-state index contributed by atoms with van der Waals surface area (Å²) in [6.45, 7) is 2.01. The number of nitrogens with zero attached hydrogens (tertiary/aromatic N) is 1. The summed E-state index contributed by atoms with van der Waals surface area (Å²) in [6.07, 6.45) is 0.816. The van der Waals surface area contributed by atoms with Crippen LogP contribution in [0.5, 0.6) is 0 Å². The number of benzene rings is 2. The minimum Gasteiger partial charge on any atom is -0.353 e. The fourth-order valence-corrected chi connectivity index (χ4v) is 3.56. The number of carbonyl (C=O) groups is 1. The van der Waals surface area contributed by atoms with E-state index in [9.17, 15) is 13.2 Å². The monoisotopic (exact) mass is 420 g/mol. The lowest BCUT2D eigenvalue weighted by atomic mass is 10.1. The van der Waals surface area contributed by atoms with Gasteiger partial charge in [0.15, 0.2) is 5.11 Å². The van der Waals surface area contributed by atoms with Crippen LogP contribution in [0.1, 0.15) is 12.5 Å². The Bertz CT molecular complexity index is 959. The van der Waals surface area contributed by atoms with E-state index in [0.29, 0.717) is 5.69 Å². The van der Waals surface area contributed by atoms with Gasteiger partial charge in [0, 0.05) is 25.5 Å². The van der Waals surface area contributed by atoms with Gasteiger partial charge in [-0.25, -0.2) is 12.7 Å². The molecule has 0 aliphatic carbocycles. The molecule has 2 aromatic rings. The number of sulfonamides is 1. The van der Waals surface area contributed by atoms with Crippen LogP contribution < -0.4 is 16.0 Å². The predicted octanol–water partition coefficient (Wildman–Crippen LogP) is 2.42. The molecule has 0 fully saturated rings. The molecule has 0 radical (unpaired) electrons. The van der Waals surface area contributed by atoms with Crippen LogP contribution in [0.4, 0.5) is 11.4 Å². The number of hydrogen-bond donors (Lipinski definition) is 3. The second kappa shape index (κ2) is 9.63. The summed E-state index contributed by atoms with van der Waals surface area (Å²) >= 11 is 5.19. The minimum atomic E-state index is -3.54. The molecule has 0 aromatic heterocycles. The molecular formula is C19H24N4O3S2. The van der Waals surface area contributed by atoms with E-state index in [4.69, 9.17) is 12.2 Å². The molecule has 1 amide bonds. The lowest BCUT2D eigenvalue weighted by Crippen LogP contribution is -2.35. The molecule has 0 spiro atoms. The number of para-hydroxylation sites is 1. The van der Waals surface area contributed by atoms with Gasteiger partial charge in [-0.3, -0.25) is 4.79 Å². The lowest BCUT2D eigenvalue weighted by molar-refractivity contribution is -0.115. The van der Waals surface area contributed by atoms with Crippen molar-refractivity contribution >= 4 is 44.6 Å². The van der Waals surface area contributed by atoms with Gasteiger partial charge >= 0.3 is 0 Å². The van der Waals surface area contributed by atoms with E-state index < -0.39 is 10.0 Å². The average Bonchev–Trinajstić information content (AvgIpc) is 2.67. The second-order valence-electron chi connectivity index (χ2n) is 6.18. The number of thiocarbonyl (C=S) groups is 1. The van der Waals surface area contributed by atoms with Crippen molar-refractivity contribution in [2.75, 3.05) is 31.3 Å². The van der Waals surface area contributed by atoms with Crippen molar-refractivity contribution in [1.82, 2.24) is 9.62 Å². The molecule has 150 valence electrons. The third-order valence-electron chi connectivity index (χ3n) is 3.95. The molecule has 2 rings (SSSR count). The van der Waals surface area contributed by atoms with Crippen molar-refractivity contribution in [3.05, 3.63) is 54.1 Å². The number of nitrogens with one attached hydrogen (secondary N) is 3. The highest BCUT2D eigenvalue weighted by Gasteiger charge is 2.17. The highest BCUT2D eigenvalue weighted by atomic mass is 32.2. The molecule has 0 aliphatic heterocycles. The Morgan fingerprint density at radius 3 is 2.46 bits per heavy atom. The summed E-state index contributed by atoms with van der Waals surface area (Å²) in [7, 11) is -0.598. The Hall–Kier alpha value is -2.49. The van der Waals surface area contributed by atoms with Crippen LogP contribution in [0, 0.1) is 0 Å². The molecular weight excluding hydrogens is 396 g/mol. The Morgan fingerprint density at radius 2 is 1.79 bits per heavy atom. The number of hydrogen-bond acceptors (Lipinski definition) is 4. The molecule has 0 bridgehead atoms. The zero-order valence-electron chi connectivity index (χ0n) is 16.0. The SMILES string of the molecule is CCc1ccccc1NC(=O)CNC(=S)Nc1cccc(S(=O)(=O)N(C)C)c1. The zero-order chi connectivity index (χ0) is 20.7. The van der Waals surface area contributed by atoms with Crippen molar-refractivity contribution in [2.45, 2.75) is 18.2 Å². The van der Waals surface area contributed by atoms with Gasteiger partial charge < -0.3 is 16.0 Å². The number of rotatable bonds is 7. The number of anilines is 2. The zero-order valence-corrected chi connectivity index (χ0v) is 17.7. The highest BCUT2D eigenvalue weighted by molar-refractivity contribution is 7.89. The molecule has 0 saturated heterocycles. The van der Waals surface area contributed by atoms with E-state index in [-0.39, 0.29) is 22.5 Å². The molecule has 0 atom stereocenters. The molecule has 0 unspecified atom stereocenters. The normalized spacial score (nSPS) is 11.1. The van der Waals surface area contributed by atoms with E-state index in [1.165, 1.54) is 26.2 Å². The smallest absolute Gasteiger partial charge is 0.243 e. The first-order valence-electron chi connectivity index (χ1n) is 8.69. The Balaban J connectivity index is 1.93. The van der Waals surface area contributed by atoms with Gasteiger partial charge in [-0.15, -0.1) is 0 Å². The maximum atomic E-state index is 12.2. The first kappa shape index (κ1) is 21.8. The van der Waals surface area contributed by atoms with Gasteiger partial charge in [0.1, 0.15) is 0 Å². The van der Waals surface area contributed by atoms with E-state index in [2.05, 4.69) is 16.0 Å². The number of aryl methyl sites for hydroxylation is 1. The largest absolute Gasteiger partial charge is 0.353 e. The number of amides is 1. The summed E-state index contributed by atoms with van der Waals surface area (Å²) in [6, 6.07) is 13.9. The Labute approximate surface area is 171 Å². The lowest BCUT2D eigenvalue weighted by Gasteiger charge is -2.14. The van der Waals surface area contributed by atoms with E-state index in [0.717, 1.165) is 22.0 Å². The standard InChI is InChI=1S/C19H24N4O3S2/c1-4-14-8-5-6-11-17(14)22-18(24)13-20-19(27)21-15-9-7-10-16(12-15)28(25,26)23(2)3/h5-12H,4,13H2,1-3H3,(H,22,24)(H2,20,21,27). The van der Waals surface area contributed by atoms with Gasteiger partial charge in [0.25, 0.3) is 0 Å². The second-order valence-corrected chi connectivity index (χ2v) is 8.74. The Morgan fingerprint density at radius 1 is 1.07 bits per heavy atom. The molecule has 3 N–H and O–H groups in total. The van der Waals surface area contributed by atoms with Crippen LogP contribution in [-0.2, 0) is 21.2 Å². The first-order chi connectivity index (χ1) is 13.2. The third kappa shape index (κ3) is 5.75. The molecule has 7 nitrogen and oxygen atoms in total. The van der Waals surface area contributed by atoms with E-state index in [1.54, 1.807) is 12.1 Å². The van der Waals surface area contributed by atoms with Gasteiger partial charge in [-0.05, 0) is 48.5 Å². The van der Waals surface area contributed by atoms with Crippen LogP contribution in [0.3, 0.4) is 0 Å².